The topological polar surface area (TPSA) is 64.0 Å². The average Bonchev–Trinajstić information content (AvgIpc) is 2.95. The zero-order chi connectivity index (χ0) is 18.0. The van der Waals surface area contributed by atoms with Crippen LogP contribution in [0.15, 0.2) is 59.8 Å². The van der Waals surface area contributed by atoms with Gasteiger partial charge in [-0.3, -0.25) is 9.40 Å². The molecule has 0 unspecified atom stereocenters. The molecule has 8 heteroatoms. The van der Waals surface area contributed by atoms with Crippen molar-refractivity contribution in [2.45, 2.75) is 18.4 Å². The molecule has 1 N–H and O–H groups in total. The molecule has 0 aliphatic carbocycles. The van der Waals surface area contributed by atoms with Crippen LogP contribution in [-0.4, -0.2) is 18.2 Å². The van der Waals surface area contributed by atoms with Crippen LogP contribution in [0.1, 0.15) is 11.1 Å². The van der Waals surface area contributed by atoms with Crippen molar-refractivity contribution in [1.82, 2.24) is 9.78 Å². The predicted molar refractivity (Wildman–Crippen MR) is 89.7 cm³/mol. The number of hydrogen-bond donors (Lipinski definition) is 1. The van der Waals surface area contributed by atoms with Crippen molar-refractivity contribution in [2.24, 2.45) is 0 Å². The zero-order valence-electron chi connectivity index (χ0n) is 13.3. The molecule has 0 saturated heterocycles. The minimum atomic E-state index is -4.17. The summed E-state index contributed by atoms with van der Waals surface area (Å²) in [6.45, 7) is 2.44. The van der Waals surface area contributed by atoms with Gasteiger partial charge in [-0.05, 0) is 30.2 Å². The highest BCUT2D eigenvalue weighted by Gasteiger charge is 2.20. The Kier molecular flexibility index (Phi) is 4.54. The summed E-state index contributed by atoms with van der Waals surface area (Å²) in [5, 5.41) is 4.10. The van der Waals surface area contributed by atoms with Crippen LogP contribution < -0.4 is 4.72 Å². The van der Waals surface area contributed by atoms with E-state index in [1.54, 1.807) is 4.68 Å². The summed E-state index contributed by atoms with van der Waals surface area (Å²) in [6.07, 6.45) is 2.84. The van der Waals surface area contributed by atoms with Gasteiger partial charge in [0, 0.05) is 12.3 Å². The van der Waals surface area contributed by atoms with Gasteiger partial charge in [-0.25, -0.2) is 17.2 Å². The van der Waals surface area contributed by atoms with Gasteiger partial charge in [-0.1, -0.05) is 24.3 Å². The number of aryl methyl sites for hydroxylation is 1. The summed E-state index contributed by atoms with van der Waals surface area (Å²) in [5.74, 6) is -2.00. The lowest BCUT2D eigenvalue weighted by atomic mass is 10.1. The molecular formula is C17H15F2N3O2S. The Hall–Kier alpha value is -2.74. The molecule has 25 heavy (non-hydrogen) atoms. The lowest BCUT2D eigenvalue weighted by molar-refractivity contribution is 0.551. The molecule has 0 aliphatic rings. The van der Waals surface area contributed by atoms with Crippen LogP contribution in [-0.2, 0) is 16.6 Å². The van der Waals surface area contributed by atoms with Crippen LogP contribution in [0, 0.1) is 18.6 Å². The molecule has 3 aromatic rings. The summed E-state index contributed by atoms with van der Waals surface area (Å²) in [7, 11) is -4.17. The summed E-state index contributed by atoms with van der Waals surface area (Å²) in [6, 6.07) is 10.1. The summed E-state index contributed by atoms with van der Waals surface area (Å²) in [4.78, 5) is -0.624. The van der Waals surface area contributed by atoms with Gasteiger partial charge in [-0.15, -0.1) is 0 Å². The number of aromatic nitrogens is 2. The Labute approximate surface area is 144 Å². The van der Waals surface area contributed by atoms with Gasteiger partial charge in [0.1, 0.15) is 16.5 Å². The molecule has 0 aliphatic heterocycles. The Bertz CT molecular complexity index is 1020. The van der Waals surface area contributed by atoms with E-state index in [1.807, 2.05) is 31.2 Å². The smallest absolute Gasteiger partial charge is 0.264 e. The number of halogens is 2. The third-order valence-electron chi connectivity index (χ3n) is 3.66. The van der Waals surface area contributed by atoms with E-state index in [0.717, 1.165) is 23.3 Å². The minimum absolute atomic E-state index is 0.192. The molecule has 0 spiro atoms. The molecule has 2 aromatic carbocycles. The second kappa shape index (κ2) is 6.64. The summed E-state index contributed by atoms with van der Waals surface area (Å²) in [5.41, 5.74) is 2.33. The number of rotatable bonds is 5. The van der Waals surface area contributed by atoms with Crippen molar-refractivity contribution in [3.8, 4) is 0 Å². The Morgan fingerprint density at radius 2 is 1.92 bits per heavy atom. The fraction of sp³-hybridized carbons (Fsp3) is 0.118. The Balaban J connectivity index is 1.80. The van der Waals surface area contributed by atoms with Gasteiger partial charge in [0.25, 0.3) is 10.0 Å². The molecule has 1 heterocycles. The van der Waals surface area contributed by atoms with Crippen LogP contribution in [0.25, 0.3) is 0 Å². The van der Waals surface area contributed by atoms with Crippen LogP contribution in [0.4, 0.5) is 14.5 Å². The highest BCUT2D eigenvalue weighted by Crippen LogP contribution is 2.19. The standard InChI is InChI=1S/C17H15F2N3O2S/c1-12-4-2-3-5-13(12)10-22-11-15(9-20-22)21-25(23,24)17-7-6-14(18)8-16(17)19/h2-9,11,21H,10H2,1H3. The molecule has 0 amide bonds. The second-order valence-electron chi connectivity index (χ2n) is 5.53. The molecule has 0 radical (unpaired) electrons. The SMILES string of the molecule is Cc1ccccc1Cn1cc(NS(=O)(=O)c2ccc(F)cc2F)cn1. The molecule has 1 aromatic heterocycles. The molecular weight excluding hydrogens is 348 g/mol. The highest BCUT2D eigenvalue weighted by atomic mass is 32.2. The van der Waals surface area contributed by atoms with Gasteiger partial charge in [0.05, 0.1) is 18.4 Å². The third kappa shape index (κ3) is 3.85. The van der Waals surface area contributed by atoms with Crippen LogP contribution >= 0.6 is 0 Å². The third-order valence-corrected chi connectivity index (χ3v) is 5.08. The molecule has 0 fully saturated rings. The van der Waals surface area contributed by atoms with Crippen LogP contribution in [0.2, 0.25) is 0 Å². The molecule has 0 atom stereocenters. The zero-order valence-corrected chi connectivity index (χ0v) is 14.1. The van der Waals surface area contributed by atoms with E-state index in [1.165, 1.54) is 12.4 Å². The summed E-state index contributed by atoms with van der Waals surface area (Å²) >= 11 is 0. The maximum atomic E-state index is 13.7. The molecule has 0 bridgehead atoms. The van der Waals surface area contributed by atoms with Gasteiger partial charge in [0.2, 0.25) is 0 Å². The largest absolute Gasteiger partial charge is 0.276 e. The number of hydrogen-bond acceptors (Lipinski definition) is 3. The van der Waals surface area contributed by atoms with Gasteiger partial charge < -0.3 is 0 Å². The highest BCUT2D eigenvalue weighted by molar-refractivity contribution is 7.92. The van der Waals surface area contributed by atoms with E-state index in [2.05, 4.69) is 9.82 Å². The first-order chi connectivity index (χ1) is 11.8. The van der Waals surface area contributed by atoms with E-state index in [-0.39, 0.29) is 5.69 Å². The number of nitrogens with zero attached hydrogens (tertiary/aromatic N) is 2. The lowest BCUT2D eigenvalue weighted by Gasteiger charge is -2.07. The number of nitrogens with one attached hydrogen (secondary N) is 1. The first kappa shape index (κ1) is 17.1. The van der Waals surface area contributed by atoms with E-state index < -0.39 is 26.6 Å². The van der Waals surface area contributed by atoms with Crippen LogP contribution in [0.3, 0.4) is 0 Å². The van der Waals surface area contributed by atoms with Gasteiger partial charge in [-0.2, -0.15) is 5.10 Å². The van der Waals surface area contributed by atoms with E-state index in [9.17, 15) is 17.2 Å². The van der Waals surface area contributed by atoms with Gasteiger partial charge >= 0.3 is 0 Å². The van der Waals surface area contributed by atoms with Crippen LogP contribution in [0.5, 0.6) is 0 Å². The lowest BCUT2D eigenvalue weighted by Crippen LogP contribution is -2.14. The number of anilines is 1. The van der Waals surface area contributed by atoms with Crippen molar-refractivity contribution in [1.29, 1.82) is 0 Å². The Morgan fingerprint density at radius 1 is 1.16 bits per heavy atom. The second-order valence-corrected chi connectivity index (χ2v) is 7.18. The van der Waals surface area contributed by atoms with Crippen molar-refractivity contribution >= 4 is 15.7 Å². The van der Waals surface area contributed by atoms with E-state index in [0.29, 0.717) is 12.6 Å². The fourth-order valence-electron chi connectivity index (χ4n) is 2.37. The Morgan fingerprint density at radius 3 is 2.64 bits per heavy atom. The minimum Gasteiger partial charge on any atom is -0.276 e. The van der Waals surface area contributed by atoms with Crippen molar-refractivity contribution in [3.63, 3.8) is 0 Å². The first-order valence-corrected chi connectivity index (χ1v) is 8.88. The predicted octanol–water partition coefficient (Wildman–Crippen LogP) is 3.32. The van der Waals surface area contributed by atoms with Crippen molar-refractivity contribution in [2.75, 3.05) is 4.72 Å². The monoisotopic (exact) mass is 363 g/mol. The summed E-state index contributed by atoms with van der Waals surface area (Å²) < 4.78 is 54.9. The number of sulfonamides is 1. The van der Waals surface area contributed by atoms with Crippen molar-refractivity contribution in [3.05, 3.63) is 77.6 Å². The maximum Gasteiger partial charge on any atom is 0.264 e. The fourth-order valence-corrected chi connectivity index (χ4v) is 3.46. The molecule has 5 nitrogen and oxygen atoms in total. The maximum absolute atomic E-state index is 13.7. The number of benzene rings is 2. The molecule has 130 valence electrons. The quantitative estimate of drug-likeness (QED) is 0.756. The van der Waals surface area contributed by atoms with E-state index in [4.69, 9.17) is 0 Å². The molecule has 3 rings (SSSR count). The normalized spacial score (nSPS) is 11.5. The van der Waals surface area contributed by atoms with Gasteiger partial charge in [0.15, 0.2) is 0 Å². The first-order valence-electron chi connectivity index (χ1n) is 7.40. The molecule has 0 saturated carbocycles. The van der Waals surface area contributed by atoms with E-state index >= 15 is 0 Å². The van der Waals surface area contributed by atoms with Crippen molar-refractivity contribution < 1.29 is 17.2 Å². The average molecular weight is 363 g/mol.